The monoisotopic (exact) mass is 537 g/mol. The minimum Gasteiger partial charge on any atom is -0.477 e. The van der Waals surface area contributed by atoms with Crippen molar-refractivity contribution in [2.45, 2.75) is 26.9 Å². The minimum absolute atomic E-state index is 0.0586. The topological polar surface area (TPSA) is 170 Å². The van der Waals surface area contributed by atoms with Crippen LogP contribution in [0.4, 0.5) is 40.7 Å². The van der Waals surface area contributed by atoms with Crippen molar-refractivity contribution in [3.8, 4) is 0 Å². The molecule has 2 aromatic carbocycles. The zero-order valence-corrected chi connectivity index (χ0v) is 19.8. The number of alkyl halides is 3. The number of carboxylic acids is 2. The lowest BCUT2D eigenvalue weighted by Gasteiger charge is -2.14. The van der Waals surface area contributed by atoms with E-state index in [1.165, 1.54) is 0 Å². The third kappa shape index (κ3) is 6.43. The number of hydrogen-bond acceptors (Lipinski definition) is 8. The highest BCUT2D eigenvalue weighted by Crippen LogP contribution is 2.27. The van der Waals surface area contributed by atoms with Gasteiger partial charge in [-0.05, 0) is 62.2 Å². The number of benzene rings is 2. The first-order valence-electron chi connectivity index (χ1n) is 10.5. The highest BCUT2D eigenvalue weighted by molar-refractivity contribution is 5.95. The van der Waals surface area contributed by atoms with E-state index in [9.17, 15) is 32.3 Å². The van der Waals surface area contributed by atoms with Crippen molar-refractivity contribution in [3.63, 3.8) is 0 Å². The molecule has 15 heteroatoms. The van der Waals surface area contributed by atoms with Gasteiger partial charge in [0.1, 0.15) is 11.4 Å². The van der Waals surface area contributed by atoms with E-state index >= 15 is 0 Å². The molecule has 0 saturated heterocycles. The Morgan fingerprint density at radius 3 is 2.13 bits per heavy atom. The molecule has 2 heterocycles. The average molecular weight is 537 g/mol. The third-order valence-electron chi connectivity index (χ3n) is 4.92. The van der Waals surface area contributed by atoms with Crippen molar-refractivity contribution >= 4 is 46.2 Å². The molecular weight excluding hydrogens is 518 g/mol. The largest absolute Gasteiger partial charge is 0.490 e. The van der Waals surface area contributed by atoms with E-state index < -0.39 is 23.9 Å². The summed E-state index contributed by atoms with van der Waals surface area (Å²) in [5.74, 6) is -4.63. The van der Waals surface area contributed by atoms with Gasteiger partial charge < -0.3 is 25.3 Å². The van der Waals surface area contributed by atoms with Crippen LogP contribution in [0, 0.1) is 26.6 Å². The number of nitrogens with zero attached hydrogens (tertiary/aromatic N) is 2. The van der Waals surface area contributed by atoms with Crippen LogP contribution in [0.15, 0.2) is 39.5 Å². The number of anilines is 4. The highest BCUT2D eigenvalue weighted by Gasteiger charge is 2.38. The number of halogens is 4. The zero-order valence-electron chi connectivity index (χ0n) is 19.8. The van der Waals surface area contributed by atoms with Gasteiger partial charge in [0.2, 0.25) is 5.95 Å². The Kier molecular flexibility index (Phi) is 7.69. The predicted octanol–water partition coefficient (Wildman–Crippen LogP) is 4.79. The van der Waals surface area contributed by atoms with Crippen LogP contribution in [0.25, 0.3) is 11.1 Å². The van der Waals surface area contributed by atoms with Gasteiger partial charge in [0.25, 0.3) is 0 Å². The maximum atomic E-state index is 13.9. The van der Waals surface area contributed by atoms with Crippen LogP contribution in [0.5, 0.6) is 0 Å². The number of hydrogen-bond donors (Lipinski definition) is 5. The molecule has 4 aromatic rings. The molecule has 0 bridgehead atoms. The normalized spacial score (nSPS) is 11.0. The van der Waals surface area contributed by atoms with Crippen LogP contribution in [-0.4, -0.2) is 43.3 Å². The highest BCUT2D eigenvalue weighted by atomic mass is 19.4. The number of aromatic carboxylic acids is 1. The number of nitrogens with one attached hydrogen (secondary N) is 3. The van der Waals surface area contributed by atoms with Crippen LogP contribution in [-0.2, 0) is 4.79 Å². The molecule has 11 nitrogen and oxygen atoms in total. The summed E-state index contributed by atoms with van der Waals surface area (Å²) in [6, 6.07) is 8.03. The molecule has 0 amide bonds. The number of carboxylic acid groups (broad SMARTS) is 2. The molecule has 0 saturated carbocycles. The molecule has 200 valence electrons. The summed E-state index contributed by atoms with van der Waals surface area (Å²) in [6.07, 6.45) is -5.08. The SMILES string of the molecule is Cc1cc(Nc2nc(C)c(C(=O)O)c(Nc3ccc4oc(=O)[nH]c4c3)n2)cc(C)c1F.O=C(O)C(F)(F)F. The number of aryl methyl sites for hydroxylation is 3. The minimum atomic E-state index is -5.08. The number of aromatic amines is 1. The van der Waals surface area contributed by atoms with E-state index in [1.54, 1.807) is 51.1 Å². The second-order valence-corrected chi connectivity index (χ2v) is 7.86. The fraction of sp³-hybridized carbons (Fsp3) is 0.174. The summed E-state index contributed by atoms with van der Waals surface area (Å²) < 4.78 is 50.6. The van der Waals surface area contributed by atoms with E-state index in [0.29, 0.717) is 33.6 Å². The molecule has 0 spiro atoms. The fourth-order valence-electron chi connectivity index (χ4n) is 3.29. The Morgan fingerprint density at radius 1 is 0.974 bits per heavy atom. The number of fused-ring (bicyclic) bond motifs is 1. The van der Waals surface area contributed by atoms with Gasteiger partial charge in [-0.1, -0.05) is 0 Å². The van der Waals surface area contributed by atoms with Crippen LogP contribution < -0.4 is 16.4 Å². The second-order valence-electron chi connectivity index (χ2n) is 7.86. The number of oxazole rings is 1. The number of aliphatic carboxylic acids is 1. The Morgan fingerprint density at radius 2 is 1.58 bits per heavy atom. The van der Waals surface area contributed by atoms with Crippen LogP contribution in [0.3, 0.4) is 0 Å². The van der Waals surface area contributed by atoms with E-state index in [4.69, 9.17) is 14.3 Å². The van der Waals surface area contributed by atoms with Gasteiger partial charge >= 0.3 is 23.9 Å². The average Bonchev–Trinajstić information content (AvgIpc) is 3.16. The van der Waals surface area contributed by atoms with Crippen LogP contribution in [0.2, 0.25) is 0 Å². The first-order chi connectivity index (χ1) is 17.6. The molecule has 4 rings (SSSR count). The summed E-state index contributed by atoms with van der Waals surface area (Å²) in [5, 5.41) is 22.7. The van der Waals surface area contributed by atoms with Crippen molar-refractivity contribution in [2.75, 3.05) is 10.6 Å². The molecule has 0 radical (unpaired) electrons. The van der Waals surface area contributed by atoms with E-state index in [1.807, 2.05) is 0 Å². The number of carbonyl (C=O) groups is 2. The summed E-state index contributed by atoms with van der Waals surface area (Å²) in [7, 11) is 0. The molecular formula is C23H19F4N5O6. The summed E-state index contributed by atoms with van der Waals surface area (Å²) in [5.41, 5.74) is 2.94. The fourth-order valence-corrected chi connectivity index (χ4v) is 3.29. The van der Waals surface area contributed by atoms with Crippen LogP contribution in [0.1, 0.15) is 27.2 Å². The van der Waals surface area contributed by atoms with E-state index in [2.05, 4.69) is 25.6 Å². The lowest BCUT2D eigenvalue weighted by Crippen LogP contribution is -2.21. The quantitative estimate of drug-likeness (QED) is 0.223. The van der Waals surface area contributed by atoms with Crippen molar-refractivity contribution in [2.24, 2.45) is 0 Å². The van der Waals surface area contributed by atoms with Crippen molar-refractivity contribution in [1.82, 2.24) is 15.0 Å². The molecule has 0 aliphatic rings. The molecule has 0 aliphatic heterocycles. The van der Waals surface area contributed by atoms with Gasteiger partial charge in [0.05, 0.1) is 11.2 Å². The van der Waals surface area contributed by atoms with Crippen molar-refractivity contribution in [1.29, 1.82) is 0 Å². The van der Waals surface area contributed by atoms with Crippen molar-refractivity contribution in [3.05, 3.63) is 69.1 Å². The molecule has 0 atom stereocenters. The molecule has 5 N–H and O–H groups in total. The molecule has 0 fully saturated rings. The Hall–Kier alpha value is -4.95. The smallest absolute Gasteiger partial charge is 0.477 e. The van der Waals surface area contributed by atoms with Gasteiger partial charge in [0, 0.05) is 11.4 Å². The third-order valence-corrected chi connectivity index (χ3v) is 4.92. The summed E-state index contributed by atoms with van der Waals surface area (Å²) >= 11 is 0. The Balaban J connectivity index is 0.000000505. The van der Waals surface area contributed by atoms with E-state index in [0.717, 1.165) is 0 Å². The molecule has 2 aromatic heterocycles. The molecule has 0 aliphatic carbocycles. The van der Waals surface area contributed by atoms with Gasteiger partial charge in [-0.3, -0.25) is 4.98 Å². The summed E-state index contributed by atoms with van der Waals surface area (Å²) in [6.45, 7) is 4.85. The predicted molar refractivity (Wildman–Crippen MR) is 127 cm³/mol. The van der Waals surface area contributed by atoms with Gasteiger partial charge in [0.15, 0.2) is 11.4 Å². The van der Waals surface area contributed by atoms with Gasteiger partial charge in [-0.25, -0.2) is 23.8 Å². The molecule has 38 heavy (non-hydrogen) atoms. The maximum Gasteiger partial charge on any atom is 0.490 e. The van der Waals surface area contributed by atoms with E-state index in [-0.39, 0.29) is 28.8 Å². The standard InChI is InChI=1S/C21H18FN5O4.C2HF3O2/c1-9-6-13(7-10(2)17(9)22)25-20-23-11(3)16(19(28)29)18(27-20)24-12-4-5-15-14(8-12)26-21(30)31-15;3-2(4,5)1(6)7/h4-8H,1-3H3,(H,26,30)(H,28,29)(H2,23,24,25,27);(H,6,7). The number of aromatic nitrogens is 3. The Labute approximate surface area is 210 Å². The Bertz CT molecular complexity index is 1570. The van der Waals surface area contributed by atoms with Crippen LogP contribution >= 0.6 is 0 Å². The number of rotatable bonds is 5. The van der Waals surface area contributed by atoms with Crippen molar-refractivity contribution < 1.29 is 41.8 Å². The van der Waals surface area contributed by atoms with Gasteiger partial charge in [-0.2, -0.15) is 18.2 Å². The molecule has 0 unspecified atom stereocenters. The second kappa shape index (κ2) is 10.6. The number of H-pyrrole nitrogens is 1. The lowest BCUT2D eigenvalue weighted by atomic mass is 10.1. The first-order valence-corrected chi connectivity index (χ1v) is 10.5. The maximum absolute atomic E-state index is 13.9. The summed E-state index contributed by atoms with van der Waals surface area (Å²) in [4.78, 5) is 43.1. The zero-order chi connectivity index (χ0) is 28.4. The lowest BCUT2D eigenvalue weighted by molar-refractivity contribution is -0.192. The van der Waals surface area contributed by atoms with Gasteiger partial charge in [-0.15, -0.1) is 0 Å². The first kappa shape index (κ1) is 27.6.